The predicted octanol–water partition coefficient (Wildman–Crippen LogP) is 3.46. The number of ether oxygens (including phenoxy) is 1. The molecule has 0 unspecified atom stereocenters. The van der Waals surface area contributed by atoms with Gasteiger partial charge in [0.05, 0.1) is 3.57 Å². The van der Waals surface area contributed by atoms with Crippen molar-refractivity contribution in [2.45, 2.75) is 0 Å². The van der Waals surface area contributed by atoms with Crippen LogP contribution in [0.25, 0.3) is 0 Å². The molecule has 0 saturated heterocycles. The average molecular weight is 342 g/mol. The highest BCUT2D eigenvalue weighted by molar-refractivity contribution is 14.2. The van der Waals surface area contributed by atoms with E-state index in [1.54, 1.807) is 42.5 Å². The van der Waals surface area contributed by atoms with Gasteiger partial charge in [-0.2, -0.15) is 0 Å². The molecule has 0 heterocycles. The van der Waals surface area contributed by atoms with Gasteiger partial charge in [-0.1, -0.05) is 25.2 Å². The van der Waals surface area contributed by atoms with Crippen molar-refractivity contribution < 1.29 is 14.9 Å². The van der Waals surface area contributed by atoms with Gasteiger partial charge in [-0.05, 0) is 42.5 Å². The van der Waals surface area contributed by atoms with Gasteiger partial charge in [-0.15, -0.1) is 0 Å². The van der Waals surface area contributed by atoms with E-state index < -0.39 is 20.7 Å². The molecule has 4 heteroatoms. The molecule has 2 N–H and O–H groups in total. The summed E-state index contributed by atoms with van der Waals surface area (Å²) in [5.74, 6) is 1.77. The van der Waals surface area contributed by atoms with E-state index in [-0.39, 0.29) is 11.5 Å². The van der Waals surface area contributed by atoms with Crippen molar-refractivity contribution in [2.24, 2.45) is 0 Å². The molecular formula is C13H11IO3. The highest BCUT2D eigenvalue weighted by Crippen LogP contribution is 2.30. The average Bonchev–Trinajstić information content (AvgIpc) is 2.34. The Morgan fingerprint density at radius 1 is 0.941 bits per heavy atom. The Balaban J connectivity index is 2.24. The summed E-state index contributed by atoms with van der Waals surface area (Å²) in [6, 6.07) is 11.6. The first kappa shape index (κ1) is 11.9. The fraction of sp³-hybridized carbons (Fsp3) is 0. The molecule has 2 aromatic carbocycles. The zero-order valence-electron chi connectivity index (χ0n) is 8.93. The number of hydrogen-bond acceptors (Lipinski definition) is 3. The number of halogens is 1. The summed E-state index contributed by atoms with van der Waals surface area (Å²) in [6.45, 7) is 0. The standard InChI is InChI=1S/C13H11IO3/c1-14-12-8-11(6-7-13(12)16)17-10-4-2-9(15)3-5-10/h2-8,15-16H,1H2. The highest BCUT2D eigenvalue weighted by atomic mass is 127. The summed E-state index contributed by atoms with van der Waals surface area (Å²) in [5, 5.41) is 18.7. The first-order chi connectivity index (χ1) is 8.19. The van der Waals surface area contributed by atoms with Crippen LogP contribution >= 0.6 is 20.7 Å². The molecule has 0 saturated carbocycles. The van der Waals surface area contributed by atoms with Crippen molar-refractivity contribution in [1.29, 1.82) is 0 Å². The normalized spacial score (nSPS) is 10.1. The van der Waals surface area contributed by atoms with Gasteiger partial charge in [-0.25, -0.2) is 0 Å². The summed E-state index contributed by atoms with van der Waals surface area (Å²) in [4.78, 5) is 0. The second-order valence-electron chi connectivity index (χ2n) is 3.34. The Labute approximate surface area is 109 Å². The Hall–Kier alpha value is -1.56. The van der Waals surface area contributed by atoms with Gasteiger partial charge in [-0.3, -0.25) is 0 Å². The Morgan fingerprint density at radius 2 is 1.59 bits per heavy atom. The number of rotatable bonds is 3. The zero-order valence-corrected chi connectivity index (χ0v) is 11.1. The largest absolute Gasteiger partial charge is 0.508 e. The third-order valence-electron chi connectivity index (χ3n) is 2.14. The number of benzene rings is 2. The SMILES string of the molecule is C=Ic1cc(Oc2ccc(O)cc2)ccc1O. The summed E-state index contributed by atoms with van der Waals surface area (Å²) in [5.41, 5.74) is 0. The predicted molar refractivity (Wildman–Crippen MR) is 76.1 cm³/mol. The molecular weight excluding hydrogens is 331 g/mol. The molecule has 0 spiro atoms. The molecule has 3 nitrogen and oxygen atoms in total. The lowest BCUT2D eigenvalue weighted by Crippen LogP contribution is -1.84. The summed E-state index contributed by atoms with van der Waals surface area (Å²) >= 11 is -0.431. The van der Waals surface area contributed by atoms with Gasteiger partial charge in [0.25, 0.3) is 0 Å². The molecule has 0 aromatic heterocycles. The molecule has 0 amide bonds. The van der Waals surface area contributed by atoms with Gasteiger partial charge in [0, 0.05) is 0 Å². The van der Waals surface area contributed by atoms with Gasteiger partial charge in [0.2, 0.25) is 0 Å². The van der Waals surface area contributed by atoms with Crippen molar-refractivity contribution in [3.63, 3.8) is 0 Å². The van der Waals surface area contributed by atoms with Crippen LogP contribution in [0.5, 0.6) is 23.0 Å². The number of phenols is 2. The molecule has 2 rings (SSSR count). The third-order valence-corrected chi connectivity index (χ3v) is 3.82. The van der Waals surface area contributed by atoms with Crippen molar-refractivity contribution in [3.05, 3.63) is 46.0 Å². The van der Waals surface area contributed by atoms with E-state index in [0.29, 0.717) is 11.5 Å². The van der Waals surface area contributed by atoms with Crippen molar-refractivity contribution in [2.75, 3.05) is 0 Å². The minimum atomic E-state index is -0.431. The smallest absolute Gasteiger partial charge is 0.128 e. The van der Waals surface area contributed by atoms with E-state index in [0.717, 1.165) is 3.57 Å². The fourth-order valence-corrected chi connectivity index (χ4v) is 2.41. The topological polar surface area (TPSA) is 49.7 Å². The molecule has 0 aliphatic heterocycles. The van der Waals surface area contributed by atoms with Crippen LogP contribution in [0.15, 0.2) is 42.5 Å². The second kappa shape index (κ2) is 5.18. The molecule has 0 atom stereocenters. The van der Waals surface area contributed by atoms with Crippen molar-refractivity contribution >= 4 is 25.2 Å². The van der Waals surface area contributed by atoms with Crippen LogP contribution in [0.4, 0.5) is 0 Å². The van der Waals surface area contributed by atoms with Crippen LogP contribution in [-0.4, -0.2) is 14.7 Å². The van der Waals surface area contributed by atoms with Gasteiger partial charge < -0.3 is 14.9 Å². The van der Waals surface area contributed by atoms with E-state index in [1.165, 1.54) is 0 Å². The van der Waals surface area contributed by atoms with Crippen LogP contribution in [0, 0.1) is 3.57 Å². The maximum Gasteiger partial charge on any atom is 0.128 e. The van der Waals surface area contributed by atoms with Crippen molar-refractivity contribution in [3.8, 4) is 23.0 Å². The number of phenolic OH excluding ortho intramolecular Hbond substituents is 2. The Kier molecular flexibility index (Phi) is 3.63. The van der Waals surface area contributed by atoms with E-state index in [4.69, 9.17) is 9.84 Å². The zero-order chi connectivity index (χ0) is 12.3. The maximum absolute atomic E-state index is 9.54. The van der Waals surface area contributed by atoms with Crippen LogP contribution in [0.2, 0.25) is 0 Å². The monoisotopic (exact) mass is 342 g/mol. The van der Waals surface area contributed by atoms with E-state index in [2.05, 4.69) is 4.51 Å². The first-order valence-electron chi connectivity index (χ1n) is 4.87. The molecule has 0 fully saturated rings. The van der Waals surface area contributed by atoms with E-state index >= 15 is 0 Å². The minimum Gasteiger partial charge on any atom is -0.508 e. The number of hydrogen-bond donors (Lipinski definition) is 2. The molecule has 2 aromatic rings. The lowest BCUT2D eigenvalue weighted by atomic mass is 10.3. The molecule has 17 heavy (non-hydrogen) atoms. The summed E-state index contributed by atoms with van der Waals surface area (Å²) in [6.07, 6.45) is 0. The van der Waals surface area contributed by atoms with Crippen LogP contribution in [-0.2, 0) is 0 Å². The molecule has 0 aliphatic rings. The minimum absolute atomic E-state index is 0.201. The van der Waals surface area contributed by atoms with E-state index in [9.17, 15) is 5.11 Å². The van der Waals surface area contributed by atoms with Crippen LogP contribution in [0.1, 0.15) is 0 Å². The fourth-order valence-electron chi connectivity index (χ4n) is 1.31. The van der Waals surface area contributed by atoms with Gasteiger partial charge >= 0.3 is 0 Å². The number of aromatic hydroxyl groups is 2. The third kappa shape index (κ3) is 2.97. The van der Waals surface area contributed by atoms with Crippen LogP contribution < -0.4 is 4.74 Å². The Bertz CT molecular complexity index is 535. The van der Waals surface area contributed by atoms with Crippen LogP contribution in [0.3, 0.4) is 0 Å². The molecule has 88 valence electrons. The maximum atomic E-state index is 9.54. The summed E-state index contributed by atoms with van der Waals surface area (Å²) < 4.78 is 10.3. The van der Waals surface area contributed by atoms with E-state index in [1.807, 2.05) is 0 Å². The summed E-state index contributed by atoms with van der Waals surface area (Å²) in [7, 11) is 0. The first-order valence-corrected chi connectivity index (χ1v) is 7.48. The quantitative estimate of drug-likeness (QED) is 0.840. The van der Waals surface area contributed by atoms with Gasteiger partial charge in [0.1, 0.15) is 23.0 Å². The second-order valence-corrected chi connectivity index (χ2v) is 5.27. The lowest BCUT2D eigenvalue weighted by molar-refractivity contribution is 0.457. The Morgan fingerprint density at radius 3 is 2.24 bits per heavy atom. The molecule has 0 radical (unpaired) electrons. The van der Waals surface area contributed by atoms with Crippen molar-refractivity contribution in [1.82, 2.24) is 0 Å². The molecule has 0 aliphatic carbocycles. The molecule has 0 bridgehead atoms. The van der Waals surface area contributed by atoms with Gasteiger partial charge in [0.15, 0.2) is 0 Å². The highest BCUT2D eigenvalue weighted by Gasteiger charge is 2.02. The lowest BCUT2D eigenvalue weighted by Gasteiger charge is -2.07.